The van der Waals surface area contributed by atoms with Crippen LogP contribution in [0.5, 0.6) is 5.75 Å². The fourth-order valence-electron chi connectivity index (χ4n) is 3.11. The molecule has 4 aromatic rings. The van der Waals surface area contributed by atoms with E-state index in [9.17, 15) is 4.79 Å². The highest BCUT2D eigenvalue weighted by Gasteiger charge is 2.12. The van der Waals surface area contributed by atoms with Gasteiger partial charge in [-0.3, -0.25) is 4.79 Å². The number of carbonyl (C=O) groups is 1. The summed E-state index contributed by atoms with van der Waals surface area (Å²) in [4.78, 5) is 12.3. The normalized spacial score (nSPS) is 10.6. The van der Waals surface area contributed by atoms with Crippen molar-refractivity contribution in [1.29, 1.82) is 5.26 Å². The topological polar surface area (TPSA) is 63.2 Å². The zero-order chi connectivity index (χ0) is 19.5. The number of esters is 1. The fraction of sp³-hybridized carbons (Fsp3) is 0.0833. The molecule has 1 heterocycles. The van der Waals surface area contributed by atoms with Crippen molar-refractivity contribution in [2.45, 2.75) is 13.3 Å². The maximum atomic E-state index is 12.3. The zero-order valence-corrected chi connectivity index (χ0v) is 15.3. The van der Waals surface area contributed by atoms with Crippen LogP contribution in [-0.2, 0) is 11.2 Å². The number of aryl methyl sites for hydroxylation is 1. The van der Waals surface area contributed by atoms with Crippen LogP contribution in [0.15, 0.2) is 77.4 Å². The summed E-state index contributed by atoms with van der Waals surface area (Å²) in [6.07, 6.45) is 1.76. The number of hydrogen-bond donors (Lipinski definition) is 0. The number of ether oxygens (including phenoxy) is 1. The Balaban J connectivity index is 1.45. The molecule has 0 amide bonds. The molecule has 0 N–H and O–H groups in total. The third kappa shape index (κ3) is 3.65. The number of nitrogens with zero attached hydrogens (tertiary/aromatic N) is 1. The van der Waals surface area contributed by atoms with Crippen molar-refractivity contribution in [3.05, 3.63) is 89.7 Å². The Morgan fingerprint density at radius 1 is 1.00 bits per heavy atom. The van der Waals surface area contributed by atoms with Crippen LogP contribution < -0.4 is 4.74 Å². The van der Waals surface area contributed by atoms with Crippen molar-refractivity contribution in [3.63, 3.8) is 0 Å². The van der Waals surface area contributed by atoms with E-state index in [4.69, 9.17) is 14.4 Å². The van der Waals surface area contributed by atoms with Gasteiger partial charge in [-0.25, -0.2) is 0 Å². The average Bonchev–Trinajstić information content (AvgIpc) is 3.10. The van der Waals surface area contributed by atoms with Crippen LogP contribution >= 0.6 is 0 Å². The predicted molar refractivity (Wildman–Crippen MR) is 107 cm³/mol. The van der Waals surface area contributed by atoms with Crippen LogP contribution in [0, 0.1) is 18.3 Å². The van der Waals surface area contributed by atoms with E-state index in [0.717, 1.165) is 33.2 Å². The van der Waals surface area contributed by atoms with Gasteiger partial charge in [0, 0.05) is 10.9 Å². The van der Waals surface area contributed by atoms with Gasteiger partial charge in [0.25, 0.3) is 0 Å². The van der Waals surface area contributed by atoms with E-state index >= 15 is 0 Å². The second-order valence-electron chi connectivity index (χ2n) is 6.62. The standard InChI is InChI=1S/C24H17NO3/c1-16-2-11-23-22(12-16)20(15-27-23)13-24(26)28-21-9-7-19(8-10-21)18-5-3-17(14-25)4-6-18/h2-12,15H,13H2,1H3. The molecule has 0 radical (unpaired) electrons. The third-order valence-corrected chi connectivity index (χ3v) is 4.58. The van der Waals surface area contributed by atoms with E-state index in [-0.39, 0.29) is 12.4 Å². The molecule has 0 aliphatic rings. The van der Waals surface area contributed by atoms with E-state index in [2.05, 4.69) is 6.07 Å². The van der Waals surface area contributed by atoms with E-state index < -0.39 is 0 Å². The first-order chi connectivity index (χ1) is 13.6. The first kappa shape index (κ1) is 17.6. The van der Waals surface area contributed by atoms with Gasteiger partial charge in [0.1, 0.15) is 11.3 Å². The SMILES string of the molecule is Cc1ccc2occ(CC(=O)Oc3ccc(-c4ccc(C#N)cc4)cc3)c2c1. The smallest absolute Gasteiger partial charge is 0.315 e. The monoisotopic (exact) mass is 367 g/mol. The molecule has 0 saturated heterocycles. The maximum absolute atomic E-state index is 12.3. The molecule has 0 saturated carbocycles. The minimum atomic E-state index is -0.338. The van der Waals surface area contributed by atoms with Gasteiger partial charge in [0.05, 0.1) is 24.3 Å². The first-order valence-corrected chi connectivity index (χ1v) is 8.90. The van der Waals surface area contributed by atoms with Crippen molar-refractivity contribution in [2.24, 2.45) is 0 Å². The molecule has 4 nitrogen and oxygen atoms in total. The van der Waals surface area contributed by atoms with Crippen molar-refractivity contribution in [2.75, 3.05) is 0 Å². The number of fused-ring (bicyclic) bond motifs is 1. The van der Waals surface area contributed by atoms with Crippen LogP contribution in [-0.4, -0.2) is 5.97 Å². The van der Waals surface area contributed by atoms with Crippen molar-refractivity contribution >= 4 is 16.9 Å². The average molecular weight is 367 g/mol. The fourth-order valence-corrected chi connectivity index (χ4v) is 3.11. The van der Waals surface area contributed by atoms with Gasteiger partial charge < -0.3 is 9.15 Å². The number of furan rings is 1. The Hall–Kier alpha value is -3.84. The maximum Gasteiger partial charge on any atom is 0.315 e. The van der Waals surface area contributed by atoms with Gasteiger partial charge in [0.15, 0.2) is 0 Å². The minimum Gasteiger partial charge on any atom is -0.464 e. The lowest BCUT2D eigenvalue weighted by atomic mass is 10.0. The van der Waals surface area contributed by atoms with E-state index in [1.165, 1.54) is 0 Å². The highest BCUT2D eigenvalue weighted by molar-refractivity contribution is 5.86. The van der Waals surface area contributed by atoms with Gasteiger partial charge >= 0.3 is 5.97 Å². The van der Waals surface area contributed by atoms with Crippen LogP contribution in [0.2, 0.25) is 0 Å². The molecule has 136 valence electrons. The lowest BCUT2D eigenvalue weighted by molar-refractivity contribution is -0.133. The van der Waals surface area contributed by atoms with Crippen molar-refractivity contribution < 1.29 is 13.9 Å². The minimum absolute atomic E-state index is 0.147. The molecule has 0 aliphatic carbocycles. The molecule has 28 heavy (non-hydrogen) atoms. The molecule has 0 fully saturated rings. The summed E-state index contributed by atoms with van der Waals surface area (Å²) in [5.74, 6) is 0.154. The molecule has 0 atom stereocenters. The molecule has 0 bridgehead atoms. The lowest BCUT2D eigenvalue weighted by Crippen LogP contribution is -2.10. The summed E-state index contributed by atoms with van der Waals surface area (Å²) in [6.45, 7) is 2.00. The Bertz CT molecular complexity index is 1180. The number of carbonyl (C=O) groups excluding carboxylic acids is 1. The summed E-state index contributed by atoms with van der Waals surface area (Å²) in [7, 11) is 0. The van der Waals surface area contributed by atoms with Crippen LogP contribution in [0.3, 0.4) is 0 Å². The van der Waals surface area contributed by atoms with Gasteiger partial charge in [-0.15, -0.1) is 0 Å². The highest BCUT2D eigenvalue weighted by atomic mass is 16.5. The molecular formula is C24H17NO3. The Morgan fingerprint density at radius 2 is 1.68 bits per heavy atom. The predicted octanol–water partition coefficient (Wildman–Crippen LogP) is 5.43. The summed E-state index contributed by atoms with van der Waals surface area (Å²) in [5, 5.41) is 9.82. The van der Waals surface area contributed by atoms with Gasteiger partial charge in [-0.05, 0) is 54.4 Å². The Kier molecular flexibility index (Phi) is 4.65. The molecular weight excluding hydrogens is 350 g/mol. The Morgan fingerprint density at radius 3 is 2.36 bits per heavy atom. The molecule has 4 heteroatoms. The van der Waals surface area contributed by atoms with Gasteiger partial charge in [0.2, 0.25) is 0 Å². The van der Waals surface area contributed by atoms with Gasteiger partial charge in [-0.2, -0.15) is 5.26 Å². The first-order valence-electron chi connectivity index (χ1n) is 8.90. The lowest BCUT2D eigenvalue weighted by Gasteiger charge is -2.06. The summed E-state index contributed by atoms with van der Waals surface area (Å²) >= 11 is 0. The molecule has 4 rings (SSSR count). The third-order valence-electron chi connectivity index (χ3n) is 4.58. The molecule has 0 unspecified atom stereocenters. The van der Waals surface area contributed by atoms with Crippen molar-refractivity contribution in [1.82, 2.24) is 0 Å². The molecule has 3 aromatic carbocycles. The second-order valence-corrected chi connectivity index (χ2v) is 6.62. The molecule has 1 aromatic heterocycles. The van der Waals surface area contributed by atoms with E-state index in [1.54, 1.807) is 30.5 Å². The highest BCUT2D eigenvalue weighted by Crippen LogP contribution is 2.25. The summed E-state index contributed by atoms with van der Waals surface area (Å²) in [6, 6.07) is 22.6. The van der Waals surface area contributed by atoms with Crippen LogP contribution in [0.25, 0.3) is 22.1 Å². The number of hydrogen-bond acceptors (Lipinski definition) is 4. The van der Waals surface area contributed by atoms with Gasteiger partial charge in [-0.1, -0.05) is 35.9 Å². The number of nitriles is 1. The van der Waals surface area contributed by atoms with Crippen molar-refractivity contribution in [3.8, 4) is 22.9 Å². The van der Waals surface area contributed by atoms with E-state index in [1.807, 2.05) is 49.4 Å². The Labute approximate surface area is 162 Å². The largest absolute Gasteiger partial charge is 0.464 e. The quantitative estimate of drug-likeness (QED) is 0.356. The molecule has 0 spiro atoms. The van der Waals surface area contributed by atoms with E-state index in [0.29, 0.717) is 11.3 Å². The van der Waals surface area contributed by atoms with Crippen LogP contribution in [0.1, 0.15) is 16.7 Å². The molecule has 0 aliphatic heterocycles. The summed E-state index contributed by atoms with van der Waals surface area (Å²) < 4.78 is 11.0. The number of benzene rings is 3. The summed E-state index contributed by atoms with van der Waals surface area (Å²) in [5.41, 5.74) is 5.30. The zero-order valence-electron chi connectivity index (χ0n) is 15.3. The van der Waals surface area contributed by atoms with Crippen LogP contribution in [0.4, 0.5) is 0 Å². The second kappa shape index (κ2) is 7.42. The number of rotatable bonds is 4.